The van der Waals surface area contributed by atoms with Gasteiger partial charge in [0.25, 0.3) is 0 Å². The number of aliphatic imine (C=N–C) groups is 1. The molecule has 2 rings (SSSR count). The van der Waals surface area contributed by atoms with E-state index in [9.17, 15) is 0 Å². The molecule has 0 saturated carbocycles. The van der Waals surface area contributed by atoms with Gasteiger partial charge in [-0.15, -0.1) is 0 Å². The number of hydrogen-bond donors (Lipinski definition) is 2. The van der Waals surface area contributed by atoms with Crippen molar-refractivity contribution in [2.45, 2.75) is 37.5 Å². The predicted molar refractivity (Wildman–Crippen MR) is 107 cm³/mol. The average molecular weight is 366 g/mol. The van der Waals surface area contributed by atoms with Gasteiger partial charge in [0, 0.05) is 37.1 Å². The number of nitrogens with one attached hydrogen (secondary N) is 2. The Kier molecular flexibility index (Phi) is 7.44. The smallest absolute Gasteiger partial charge is 0.191 e. The molecule has 1 aliphatic heterocycles. The van der Waals surface area contributed by atoms with Crippen LogP contribution in [0.3, 0.4) is 0 Å². The van der Waals surface area contributed by atoms with Crippen molar-refractivity contribution in [3.63, 3.8) is 0 Å². The number of ether oxygens (including phenoxy) is 2. The van der Waals surface area contributed by atoms with Crippen molar-refractivity contribution in [1.29, 1.82) is 0 Å². The zero-order valence-electron chi connectivity index (χ0n) is 16.0. The molecule has 1 heterocycles. The van der Waals surface area contributed by atoms with Crippen LogP contribution >= 0.6 is 11.8 Å². The summed E-state index contributed by atoms with van der Waals surface area (Å²) in [6.45, 7) is 6.78. The Balaban J connectivity index is 2.01. The van der Waals surface area contributed by atoms with Crippen LogP contribution in [-0.4, -0.2) is 50.9 Å². The molecule has 0 aromatic heterocycles. The molecule has 0 amide bonds. The Morgan fingerprint density at radius 3 is 2.72 bits per heavy atom. The summed E-state index contributed by atoms with van der Waals surface area (Å²) in [6, 6.07) is 6.34. The Morgan fingerprint density at radius 1 is 1.40 bits per heavy atom. The molecule has 0 radical (unpaired) electrons. The fourth-order valence-electron chi connectivity index (χ4n) is 3.11. The summed E-state index contributed by atoms with van der Waals surface area (Å²) in [5.41, 5.74) is 2.35. The van der Waals surface area contributed by atoms with Crippen molar-refractivity contribution in [2.75, 3.05) is 40.2 Å². The Hall–Kier alpha value is -1.40. The Bertz CT molecular complexity index is 586. The fourth-order valence-corrected chi connectivity index (χ4v) is 3.90. The lowest BCUT2D eigenvalue weighted by molar-refractivity contribution is 0.0782. The largest absolute Gasteiger partial charge is 0.496 e. The second kappa shape index (κ2) is 9.34. The van der Waals surface area contributed by atoms with E-state index in [2.05, 4.69) is 47.9 Å². The molecule has 5 nitrogen and oxygen atoms in total. The van der Waals surface area contributed by atoms with E-state index in [-0.39, 0.29) is 10.8 Å². The molecular formula is C19H31N3O2S. The van der Waals surface area contributed by atoms with Crippen LogP contribution in [0.15, 0.2) is 23.2 Å². The fraction of sp³-hybridized carbons (Fsp3) is 0.632. The van der Waals surface area contributed by atoms with Gasteiger partial charge in [0.2, 0.25) is 0 Å². The molecule has 0 bridgehead atoms. The van der Waals surface area contributed by atoms with E-state index in [1.54, 1.807) is 7.11 Å². The number of thioether (sulfide) groups is 1. The van der Waals surface area contributed by atoms with E-state index < -0.39 is 0 Å². The number of nitrogens with zero attached hydrogens (tertiary/aromatic N) is 1. The number of methoxy groups -OCH3 is 1. The highest BCUT2D eigenvalue weighted by molar-refractivity contribution is 8.00. The minimum atomic E-state index is 0.0981. The summed E-state index contributed by atoms with van der Waals surface area (Å²) in [5, 5.41) is 6.99. The molecule has 6 heteroatoms. The molecule has 1 unspecified atom stereocenters. The van der Waals surface area contributed by atoms with Gasteiger partial charge in [-0.1, -0.05) is 17.7 Å². The van der Waals surface area contributed by atoms with Crippen molar-refractivity contribution in [2.24, 2.45) is 4.99 Å². The molecule has 25 heavy (non-hydrogen) atoms. The summed E-state index contributed by atoms with van der Waals surface area (Å²) in [7, 11) is 3.52. The lowest BCUT2D eigenvalue weighted by Gasteiger charge is -2.36. The average Bonchev–Trinajstić information content (AvgIpc) is 2.65. The van der Waals surface area contributed by atoms with E-state index in [0.29, 0.717) is 0 Å². The van der Waals surface area contributed by atoms with Crippen LogP contribution in [0.2, 0.25) is 0 Å². The summed E-state index contributed by atoms with van der Waals surface area (Å²) in [4.78, 5) is 4.39. The van der Waals surface area contributed by atoms with Crippen LogP contribution in [0, 0.1) is 6.92 Å². The molecular weight excluding hydrogens is 334 g/mol. The zero-order valence-corrected chi connectivity index (χ0v) is 16.8. The second-order valence-electron chi connectivity index (χ2n) is 6.54. The van der Waals surface area contributed by atoms with Crippen molar-refractivity contribution in [1.82, 2.24) is 10.6 Å². The van der Waals surface area contributed by atoms with Gasteiger partial charge in [0.1, 0.15) is 5.75 Å². The molecule has 0 aliphatic carbocycles. The van der Waals surface area contributed by atoms with Crippen LogP contribution in [-0.2, 0) is 4.74 Å². The number of benzene rings is 1. The topological polar surface area (TPSA) is 54.9 Å². The summed E-state index contributed by atoms with van der Waals surface area (Å²) in [6.07, 6.45) is 4.32. The van der Waals surface area contributed by atoms with Crippen LogP contribution in [0.5, 0.6) is 5.75 Å². The highest BCUT2D eigenvalue weighted by Gasteiger charge is 2.32. The maximum absolute atomic E-state index is 5.52. The van der Waals surface area contributed by atoms with Crippen LogP contribution in [0.25, 0.3) is 0 Å². The zero-order chi connectivity index (χ0) is 18.3. The van der Waals surface area contributed by atoms with E-state index in [1.807, 2.05) is 24.9 Å². The molecule has 140 valence electrons. The molecule has 2 N–H and O–H groups in total. The number of guanidine groups is 1. The SMILES string of the molecule is CN=C(NCC1(SC)CCOCC1)NC(C)c1cc(C)ccc1OC. The van der Waals surface area contributed by atoms with Crippen molar-refractivity contribution < 1.29 is 9.47 Å². The van der Waals surface area contributed by atoms with Gasteiger partial charge >= 0.3 is 0 Å². The van der Waals surface area contributed by atoms with E-state index >= 15 is 0 Å². The minimum absolute atomic E-state index is 0.0981. The first-order valence-corrected chi connectivity index (χ1v) is 10.0. The molecule has 1 aromatic carbocycles. The maximum Gasteiger partial charge on any atom is 0.191 e. The first kappa shape index (κ1) is 19.9. The molecule has 1 atom stereocenters. The normalized spacial score (nSPS) is 18.5. The van der Waals surface area contributed by atoms with Gasteiger partial charge in [-0.3, -0.25) is 4.99 Å². The van der Waals surface area contributed by atoms with Crippen molar-refractivity contribution in [3.8, 4) is 5.75 Å². The molecule has 1 saturated heterocycles. The molecule has 0 spiro atoms. The molecule has 1 aromatic rings. The van der Waals surface area contributed by atoms with Crippen molar-refractivity contribution in [3.05, 3.63) is 29.3 Å². The van der Waals surface area contributed by atoms with Crippen molar-refractivity contribution >= 4 is 17.7 Å². The summed E-state index contributed by atoms with van der Waals surface area (Å²) in [5.74, 6) is 1.71. The van der Waals surface area contributed by atoms with E-state index in [0.717, 1.165) is 49.9 Å². The monoisotopic (exact) mass is 365 g/mol. The van der Waals surface area contributed by atoms with Gasteiger partial charge in [-0.2, -0.15) is 11.8 Å². The predicted octanol–water partition coefficient (Wildman–Crippen LogP) is 3.14. The van der Waals surface area contributed by atoms with Gasteiger partial charge in [-0.25, -0.2) is 0 Å². The van der Waals surface area contributed by atoms with E-state index in [1.165, 1.54) is 5.56 Å². The summed E-state index contributed by atoms with van der Waals surface area (Å²) >= 11 is 1.92. The first-order valence-electron chi connectivity index (χ1n) is 8.78. The molecule has 1 fully saturated rings. The van der Waals surface area contributed by atoms with E-state index in [4.69, 9.17) is 9.47 Å². The quantitative estimate of drug-likeness (QED) is 0.599. The Morgan fingerprint density at radius 2 is 2.12 bits per heavy atom. The number of rotatable bonds is 6. The Labute approximate surface area is 156 Å². The van der Waals surface area contributed by atoms with Gasteiger partial charge in [0.15, 0.2) is 5.96 Å². The molecule has 1 aliphatic rings. The minimum Gasteiger partial charge on any atom is -0.496 e. The van der Waals surface area contributed by atoms with Gasteiger partial charge < -0.3 is 20.1 Å². The lowest BCUT2D eigenvalue weighted by atomic mass is 9.99. The van der Waals surface area contributed by atoms with Crippen LogP contribution in [0.4, 0.5) is 0 Å². The standard InChI is InChI=1S/C19H31N3O2S/c1-14-6-7-17(23-4)16(12-14)15(2)22-18(20-3)21-13-19(25-5)8-10-24-11-9-19/h6-7,12,15H,8-11,13H2,1-5H3,(H2,20,21,22). The second-order valence-corrected chi connectivity index (χ2v) is 7.81. The highest BCUT2D eigenvalue weighted by atomic mass is 32.2. The third-order valence-electron chi connectivity index (χ3n) is 4.84. The third kappa shape index (κ3) is 5.28. The van der Waals surface area contributed by atoms with Crippen LogP contribution < -0.4 is 15.4 Å². The van der Waals surface area contributed by atoms with Gasteiger partial charge in [-0.05, 0) is 39.0 Å². The lowest BCUT2D eigenvalue weighted by Crippen LogP contribution is -2.48. The number of aryl methyl sites for hydroxylation is 1. The maximum atomic E-state index is 5.52. The van der Waals surface area contributed by atoms with Crippen LogP contribution in [0.1, 0.15) is 36.9 Å². The summed E-state index contributed by atoms with van der Waals surface area (Å²) < 4.78 is 11.2. The first-order chi connectivity index (χ1) is 12.0. The highest BCUT2D eigenvalue weighted by Crippen LogP contribution is 2.33. The number of hydrogen-bond acceptors (Lipinski definition) is 4. The van der Waals surface area contributed by atoms with Gasteiger partial charge in [0.05, 0.1) is 13.2 Å². The third-order valence-corrected chi connectivity index (χ3v) is 6.26.